The Morgan fingerprint density at radius 1 is 0.486 bits per heavy atom. The Hall–Kier alpha value is -7.43. The summed E-state index contributed by atoms with van der Waals surface area (Å²) in [7, 11) is 0. The van der Waals surface area contributed by atoms with Crippen LogP contribution in [0.5, 0.6) is 0 Å². The molecule has 5 unspecified atom stereocenters. The predicted molar refractivity (Wildman–Crippen MR) is 247 cm³/mol. The molecule has 0 aliphatic carbocycles. The summed E-state index contributed by atoms with van der Waals surface area (Å²) < 4.78 is 0. The third-order valence-corrected chi connectivity index (χ3v) is 10.9. The van der Waals surface area contributed by atoms with Crippen molar-refractivity contribution in [3.8, 4) is 0 Å². The van der Waals surface area contributed by atoms with Crippen LogP contribution in [0.3, 0.4) is 0 Å². The van der Waals surface area contributed by atoms with Crippen molar-refractivity contribution >= 4 is 76.9 Å². The maximum Gasteiger partial charge on any atom is 0.362 e. The smallest absolute Gasteiger partial charge is 0.362 e. The molecule has 5 atom stereocenters. The molecule has 0 spiro atoms. The van der Waals surface area contributed by atoms with Gasteiger partial charge in [0.05, 0.1) is 32.6 Å². The summed E-state index contributed by atoms with van der Waals surface area (Å²) in [6, 6.07) is -8.11. The lowest BCUT2D eigenvalue weighted by Crippen LogP contribution is -2.60. The molecule has 0 aromatic heterocycles. The molecule has 1 aliphatic rings. The molecular formula is C41H68N15O16+. The van der Waals surface area contributed by atoms with Gasteiger partial charge in [-0.3, -0.25) is 81.9 Å². The lowest BCUT2D eigenvalue weighted by molar-refractivity contribution is -0.140. The number of carboxylic acids is 3. The molecule has 0 aromatic carbocycles. The van der Waals surface area contributed by atoms with Crippen molar-refractivity contribution in [3.63, 3.8) is 0 Å². The first-order chi connectivity index (χ1) is 33.7. The SMILES string of the molecule is CC(C)C(NC(=O)C(CCC(N)=O)NC(=O)C(CCC(=O)C[N+]#N)NC(=O)C(CCC(N)=O)NC(=O)C(CC(N)=O)NC(=O)CN1CCN(CC(=O)O)CCN(CC(=O)O)CCN(CC(=O)O)CC1)C(N)=O. The zero-order valence-corrected chi connectivity index (χ0v) is 40.2. The van der Waals surface area contributed by atoms with E-state index < -0.39 is 191 Å². The first-order valence-electron chi connectivity index (χ1n) is 22.7. The van der Waals surface area contributed by atoms with E-state index in [-0.39, 0.29) is 52.4 Å². The molecule has 0 bridgehead atoms. The van der Waals surface area contributed by atoms with Gasteiger partial charge in [0, 0.05) is 71.6 Å². The van der Waals surface area contributed by atoms with Gasteiger partial charge < -0.3 is 64.8 Å². The van der Waals surface area contributed by atoms with E-state index in [9.17, 15) is 77.6 Å². The van der Waals surface area contributed by atoms with Gasteiger partial charge in [-0.1, -0.05) is 13.8 Å². The normalized spacial score (nSPS) is 16.3. The second-order valence-corrected chi connectivity index (χ2v) is 17.3. The number of amides is 9. The number of carbonyl (C=O) groups is 13. The van der Waals surface area contributed by atoms with E-state index in [1.54, 1.807) is 13.8 Å². The van der Waals surface area contributed by atoms with Gasteiger partial charge in [-0.2, -0.15) is 0 Å². The molecule has 0 aromatic rings. The number of Topliss-reactive ketones (excluding diaryl/α,β-unsaturated/α-hetero) is 1. The zero-order valence-electron chi connectivity index (χ0n) is 40.2. The lowest BCUT2D eigenvalue weighted by atomic mass is 10.0. The quantitative estimate of drug-likeness (QED) is 0.0287. The number of aliphatic carboxylic acids is 3. The number of carbonyl (C=O) groups excluding carboxylic acids is 10. The van der Waals surface area contributed by atoms with Crippen molar-refractivity contribution < 1.29 is 77.6 Å². The number of rotatable bonds is 31. The number of hydrogen-bond donors (Lipinski definition) is 12. The molecule has 1 heterocycles. The molecule has 0 radical (unpaired) electrons. The molecule has 0 saturated carbocycles. The molecule has 72 heavy (non-hydrogen) atoms. The van der Waals surface area contributed by atoms with E-state index in [1.165, 1.54) is 19.6 Å². The Morgan fingerprint density at radius 3 is 1.12 bits per heavy atom. The molecule has 31 heteroatoms. The number of nitrogens with zero attached hydrogens (tertiary/aromatic N) is 6. The molecule has 1 saturated heterocycles. The van der Waals surface area contributed by atoms with Gasteiger partial charge in [0.2, 0.25) is 64.3 Å². The molecule has 1 aliphatic heterocycles. The Kier molecular flexibility index (Phi) is 28.2. The molecular weight excluding hydrogens is 959 g/mol. The van der Waals surface area contributed by atoms with Crippen molar-refractivity contribution in [2.24, 2.45) is 28.9 Å². The van der Waals surface area contributed by atoms with E-state index in [4.69, 9.17) is 28.3 Å². The summed E-state index contributed by atoms with van der Waals surface area (Å²) in [4.78, 5) is 173. The van der Waals surface area contributed by atoms with Crippen LogP contribution < -0.4 is 49.5 Å². The van der Waals surface area contributed by atoms with Crippen LogP contribution in [-0.2, 0) is 62.3 Å². The minimum atomic E-state index is -1.79. The maximum absolute atomic E-state index is 14.0. The highest BCUT2D eigenvalue weighted by Crippen LogP contribution is 2.09. The largest absolute Gasteiger partial charge is 0.480 e. The average molecular weight is 1030 g/mol. The van der Waals surface area contributed by atoms with Crippen LogP contribution in [0.4, 0.5) is 0 Å². The number of diazo groups is 1. The summed E-state index contributed by atoms with van der Waals surface area (Å²) in [5.74, 6) is -14.0. The van der Waals surface area contributed by atoms with Crippen LogP contribution in [-0.4, -0.2) is 227 Å². The van der Waals surface area contributed by atoms with E-state index in [2.05, 4.69) is 31.6 Å². The van der Waals surface area contributed by atoms with Gasteiger partial charge in [-0.25, -0.2) is 0 Å². The van der Waals surface area contributed by atoms with E-state index in [1.807, 2.05) is 0 Å². The molecule has 1 fully saturated rings. The number of ketones is 1. The fraction of sp³-hybridized carbons (Fsp3) is 0.683. The van der Waals surface area contributed by atoms with Crippen molar-refractivity contribution in [1.29, 1.82) is 5.39 Å². The minimum Gasteiger partial charge on any atom is -0.480 e. The summed E-state index contributed by atoms with van der Waals surface area (Å²) in [5, 5.41) is 49.1. The second kappa shape index (κ2) is 32.5. The van der Waals surface area contributed by atoms with Crippen molar-refractivity contribution in [2.75, 3.05) is 85.1 Å². The van der Waals surface area contributed by atoms with Gasteiger partial charge in [-0.15, -0.1) is 0 Å². The molecule has 16 N–H and O–H groups in total. The summed E-state index contributed by atoms with van der Waals surface area (Å²) in [6.45, 7) is 1.04. The van der Waals surface area contributed by atoms with Crippen molar-refractivity contribution in [2.45, 2.75) is 89.0 Å². The number of nitrogens with one attached hydrogen (secondary N) is 5. The van der Waals surface area contributed by atoms with Crippen molar-refractivity contribution in [1.82, 2.24) is 46.2 Å². The molecule has 31 nitrogen and oxygen atoms in total. The maximum atomic E-state index is 14.0. The third-order valence-electron chi connectivity index (χ3n) is 10.9. The van der Waals surface area contributed by atoms with Crippen LogP contribution in [0.25, 0.3) is 4.98 Å². The zero-order chi connectivity index (χ0) is 54.7. The van der Waals surface area contributed by atoms with Crippen LogP contribution in [0, 0.1) is 11.3 Å². The number of carboxylic acid groups (broad SMARTS) is 3. The summed E-state index contributed by atoms with van der Waals surface area (Å²) in [6.07, 6.45) is -3.86. The van der Waals surface area contributed by atoms with Crippen LogP contribution in [0.15, 0.2) is 0 Å². The highest BCUT2D eigenvalue weighted by Gasteiger charge is 2.34. The molecule has 402 valence electrons. The highest BCUT2D eigenvalue weighted by molar-refractivity contribution is 5.98. The van der Waals surface area contributed by atoms with E-state index >= 15 is 0 Å². The highest BCUT2D eigenvalue weighted by atomic mass is 16.4. The summed E-state index contributed by atoms with van der Waals surface area (Å²) in [5.41, 5.74) is 21.4. The van der Waals surface area contributed by atoms with Crippen LogP contribution in [0.1, 0.15) is 58.8 Å². The van der Waals surface area contributed by atoms with Gasteiger partial charge in [0.25, 0.3) is 0 Å². The second-order valence-electron chi connectivity index (χ2n) is 17.3. The van der Waals surface area contributed by atoms with Crippen molar-refractivity contribution in [3.05, 3.63) is 4.98 Å². The fourth-order valence-electron chi connectivity index (χ4n) is 7.12. The Labute approximate surface area is 413 Å². The first kappa shape index (κ1) is 62.6. The van der Waals surface area contributed by atoms with Crippen LogP contribution in [0.2, 0.25) is 0 Å². The molecule has 1 rings (SSSR count). The number of nitrogens with two attached hydrogens (primary N) is 4. The number of hydrogen-bond acceptors (Lipinski definition) is 18. The molecule has 9 amide bonds. The lowest BCUT2D eigenvalue weighted by Gasteiger charge is -2.33. The average Bonchev–Trinajstić information content (AvgIpc) is 3.26. The Bertz CT molecular complexity index is 1990. The minimum absolute atomic E-state index is 0.0000969. The van der Waals surface area contributed by atoms with Gasteiger partial charge in [0.15, 0.2) is 0 Å². The fourth-order valence-corrected chi connectivity index (χ4v) is 7.12. The Morgan fingerprint density at radius 2 is 0.819 bits per heavy atom. The van der Waals surface area contributed by atoms with Crippen LogP contribution >= 0.6 is 0 Å². The monoisotopic (exact) mass is 1030 g/mol. The number of primary amides is 4. The first-order valence-corrected chi connectivity index (χ1v) is 22.7. The third kappa shape index (κ3) is 26.5. The van der Waals surface area contributed by atoms with Gasteiger partial charge in [0.1, 0.15) is 35.2 Å². The van der Waals surface area contributed by atoms with Gasteiger partial charge in [-0.05, 0) is 25.2 Å². The van der Waals surface area contributed by atoms with Gasteiger partial charge >= 0.3 is 24.5 Å². The Balaban J connectivity index is 3.50. The predicted octanol–water partition coefficient (Wildman–Crippen LogP) is -7.36. The standard InChI is InChI=1S/C41H67N15O16/c1-23(2)36(37(45)68)52-40(71)27(6-8-30(43)59)50-38(69)25(4-3-24(57)18-47-46)49-39(70)26(5-7-29(42)58)51-41(72)28(17-31(44)60)48-32(61)19-53-9-11-54(20-33(62)63)13-15-56(22-35(66)67)16-14-55(12-10-53)21-34(64)65/h23,25-28,36H,3-22H2,1-2H3,(H15-,42,43,44,45,48,49,50,51,52,58,59,60,61,62,63,64,65,66,67,68,69,70,71,72)/p+1. The van der Waals surface area contributed by atoms with E-state index in [0.717, 1.165) is 0 Å². The topological polar surface area (TPSA) is 488 Å². The van der Waals surface area contributed by atoms with E-state index in [0.29, 0.717) is 0 Å². The summed E-state index contributed by atoms with van der Waals surface area (Å²) >= 11 is 0.